The largest absolute Gasteiger partial charge is 0.497 e. The van der Waals surface area contributed by atoms with E-state index in [1.54, 1.807) is 13.3 Å². The average Bonchev–Trinajstić information content (AvgIpc) is 3.17. The predicted molar refractivity (Wildman–Crippen MR) is 110 cm³/mol. The fraction of sp³-hybridized carbons (Fsp3) is 0.435. The van der Waals surface area contributed by atoms with E-state index in [0.717, 1.165) is 42.8 Å². The van der Waals surface area contributed by atoms with Crippen molar-refractivity contribution < 1.29 is 14.3 Å². The first kappa shape index (κ1) is 19.4. The molecule has 0 saturated carbocycles. The van der Waals surface area contributed by atoms with Crippen LogP contribution in [0.5, 0.6) is 5.75 Å². The second-order valence-electron chi connectivity index (χ2n) is 8.13. The van der Waals surface area contributed by atoms with Crippen LogP contribution in [0.2, 0.25) is 0 Å². The van der Waals surface area contributed by atoms with Crippen LogP contribution in [0.3, 0.4) is 0 Å². The fourth-order valence-electron chi connectivity index (χ4n) is 4.50. The first-order valence-corrected chi connectivity index (χ1v) is 10.1. The van der Waals surface area contributed by atoms with E-state index >= 15 is 0 Å². The van der Waals surface area contributed by atoms with E-state index in [-0.39, 0.29) is 11.8 Å². The standard InChI is InChI=1S/C23H27N3O3/c1-17-7-8-19(14-24-17)21(27)26-12-10-23(16-26)9-4-11-25(22(23)28)15-18-5-3-6-20(13-18)29-2/h3,5-8,13-14H,4,9-12,15-16H2,1-2H3. The Labute approximate surface area is 171 Å². The highest BCUT2D eigenvalue weighted by Gasteiger charge is 2.49. The molecule has 0 N–H and O–H groups in total. The summed E-state index contributed by atoms with van der Waals surface area (Å²) in [6, 6.07) is 11.5. The van der Waals surface area contributed by atoms with Gasteiger partial charge in [-0.2, -0.15) is 0 Å². The normalized spacial score (nSPS) is 21.7. The van der Waals surface area contributed by atoms with E-state index in [9.17, 15) is 9.59 Å². The summed E-state index contributed by atoms with van der Waals surface area (Å²) < 4.78 is 5.30. The van der Waals surface area contributed by atoms with Crippen molar-refractivity contribution in [1.82, 2.24) is 14.8 Å². The van der Waals surface area contributed by atoms with Crippen molar-refractivity contribution in [2.75, 3.05) is 26.7 Å². The van der Waals surface area contributed by atoms with Crippen LogP contribution in [0.1, 0.15) is 40.9 Å². The molecule has 1 aromatic carbocycles. The summed E-state index contributed by atoms with van der Waals surface area (Å²) in [6.07, 6.45) is 4.16. The zero-order valence-electron chi connectivity index (χ0n) is 17.1. The number of amides is 2. The van der Waals surface area contributed by atoms with Crippen molar-refractivity contribution in [3.05, 3.63) is 59.4 Å². The molecule has 2 saturated heterocycles. The Hall–Kier alpha value is -2.89. The topological polar surface area (TPSA) is 62.7 Å². The summed E-state index contributed by atoms with van der Waals surface area (Å²) in [4.78, 5) is 34.3. The van der Waals surface area contributed by atoms with E-state index < -0.39 is 5.41 Å². The highest BCUT2D eigenvalue weighted by atomic mass is 16.5. The number of methoxy groups -OCH3 is 1. The van der Waals surface area contributed by atoms with Gasteiger partial charge in [-0.25, -0.2) is 0 Å². The van der Waals surface area contributed by atoms with Gasteiger partial charge in [-0.3, -0.25) is 14.6 Å². The number of pyridine rings is 1. The van der Waals surface area contributed by atoms with E-state index in [1.807, 2.05) is 53.1 Å². The smallest absolute Gasteiger partial charge is 0.255 e. The third-order valence-corrected chi connectivity index (χ3v) is 6.13. The number of likely N-dealkylation sites (tertiary alicyclic amines) is 2. The molecule has 29 heavy (non-hydrogen) atoms. The lowest BCUT2D eigenvalue weighted by Crippen LogP contribution is -2.50. The van der Waals surface area contributed by atoms with Crippen LogP contribution in [0.15, 0.2) is 42.6 Å². The van der Waals surface area contributed by atoms with Gasteiger partial charge in [0.1, 0.15) is 5.75 Å². The first-order chi connectivity index (χ1) is 14.0. The van der Waals surface area contributed by atoms with Gasteiger partial charge in [0.05, 0.1) is 18.1 Å². The Morgan fingerprint density at radius 2 is 2.07 bits per heavy atom. The molecule has 2 aromatic rings. The minimum Gasteiger partial charge on any atom is -0.497 e. The molecule has 1 unspecified atom stereocenters. The molecule has 6 heteroatoms. The number of piperidine rings is 1. The lowest BCUT2D eigenvalue weighted by molar-refractivity contribution is -0.146. The predicted octanol–water partition coefficient (Wildman–Crippen LogP) is 3.05. The number of aryl methyl sites for hydroxylation is 1. The van der Waals surface area contributed by atoms with Crippen LogP contribution >= 0.6 is 0 Å². The van der Waals surface area contributed by atoms with Crippen LogP contribution in [0.4, 0.5) is 0 Å². The Kier molecular flexibility index (Phi) is 5.26. The van der Waals surface area contributed by atoms with Crippen molar-refractivity contribution in [3.8, 4) is 5.75 Å². The van der Waals surface area contributed by atoms with Crippen LogP contribution < -0.4 is 4.74 Å². The molecule has 2 fully saturated rings. The lowest BCUT2D eigenvalue weighted by atomic mass is 9.78. The Balaban J connectivity index is 1.47. The molecule has 2 aliphatic heterocycles. The molecule has 0 radical (unpaired) electrons. The summed E-state index contributed by atoms with van der Waals surface area (Å²) in [5.74, 6) is 0.932. The summed E-state index contributed by atoms with van der Waals surface area (Å²) in [5.41, 5.74) is 2.08. The Morgan fingerprint density at radius 3 is 2.83 bits per heavy atom. The molecular formula is C23H27N3O3. The first-order valence-electron chi connectivity index (χ1n) is 10.1. The maximum absolute atomic E-state index is 13.4. The third kappa shape index (κ3) is 3.84. The summed E-state index contributed by atoms with van der Waals surface area (Å²) in [7, 11) is 1.65. The minimum atomic E-state index is -0.453. The Bertz CT molecular complexity index is 912. The van der Waals surface area contributed by atoms with Crippen LogP contribution in [-0.4, -0.2) is 53.3 Å². The average molecular weight is 393 g/mol. The van der Waals surface area contributed by atoms with E-state index in [0.29, 0.717) is 25.2 Å². The molecule has 6 nitrogen and oxygen atoms in total. The van der Waals surface area contributed by atoms with Gasteiger partial charge < -0.3 is 14.5 Å². The molecule has 2 amide bonds. The van der Waals surface area contributed by atoms with Gasteiger partial charge in [0.2, 0.25) is 5.91 Å². The van der Waals surface area contributed by atoms with Gasteiger partial charge in [-0.1, -0.05) is 12.1 Å². The van der Waals surface area contributed by atoms with Crippen LogP contribution in [0, 0.1) is 12.3 Å². The van der Waals surface area contributed by atoms with Gasteiger partial charge in [0.25, 0.3) is 5.91 Å². The van der Waals surface area contributed by atoms with Gasteiger partial charge in [-0.15, -0.1) is 0 Å². The third-order valence-electron chi connectivity index (χ3n) is 6.13. The van der Waals surface area contributed by atoms with Gasteiger partial charge >= 0.3 is 0 Å². The molecule has 1 aromatic heterocycles. The number of nitrogens with zero attached hydrogens (tertiary/aromatic N) is 3. The minimum absolute atomic E-state index is 0.0351. The van der Waals surface area contributed by atoms with Gasteiger partial charge in [0, 0.05) is 38.1 Å². The SMILES string of the molecule is COc1cccc(CN2CCCC3(CCN(C(=O)c4ccc(C)nc4)C3)C2=O)c1. The van der Waals surface area contributed by atoms with Gasteiger partial charge in [0.15, 0.2) is 0 Å². The molecule has 0 aliphatic carbocycles. The molecule has 1 spiro atoms. The number of aromatic nitrogens is 1. The zero-order chi connectivity index (χ0) is 20.4. The molecule has 0 bridgehead atoms. The van der Waals surface area contributed by atoms with Crippen molar-refractivity contribution in [3.63, 3.8) is 0 Å². The van der Waals surface area contributed by atoms with Crippen molar-refractivity contribution in [2.24, 2.45) is 5.41 Å². The molecule has 152 valence electrons. The van der Waals surface area contributed by atoms with E-state index in [2.05, 4.69) is 4.98 Å². The summed E-state index contributed by atoms with van der Waals surface area (Å²) >= 11 is 0. The second-order valence-corrected chi connectivity index (χ2v) is 8.13. The lowest BCUT2D eigenvalue weighted by Gasteiger charge is -2.39. The number of hydrogen-bond acceptors (Lipinski definition) is 4. The second kappa shape index (κ2) is 7.85. The van der Waals surface area contributed by atoms with Crippen LogP contribution in [0.25, 0.3) is 0 Å². The summed E-state index contributed by atoms with van der Waals surface area (Å²) in [6.45, 7) is 4.34. The van der Waals surface area contributed by atoms with Gasteiger partial charge in [-0.05, 0) is 56.0 Å². The number of rotatable bonds is 4. The van der Waals surface area contributed by atoms with Crippen LogP contribution in [-0.2, 0) is 11.3 Å². The van der Waals surface area contributed by atoms with Crippen molar-refractivity contribution >= 4 is 11.8 Å². The van der Waals surface area contributed by atoms with Crippen molar-refractivity contribution in [2.45, 2.75) is 32.7 Å². The maximum Gasteiger partial charge on any atom is 0.255 e. The number of benzene rings is 1. The maximum atomic E-state index is 13.4. The quantitative estimate of drug-likeness (QED) is 0.801. The highest BCUT2D eigenvalue weighted by molar-refractivity contribution is 5.95. The molecule has 1 atom stereocenters. The fourth-order valence-corrected chi connectivity index (χ4v) is 4.50. The number of carbonyl (C=O) groups excluding carboxylic acids is 2. The molecule has 2 aliphatic rings. The number of carbonyl (C=O) groups is 2. The Morgan fingerprint density at radius 1 is 1.21 bits per heavy atom. The summed E-state index contributed by atoms with van der Waals surface area (Å²) in [5, 5.41) is 0. The van der Waals surface area contributed by atoms with E-state index in [1.165, 1.54) is 0 Å². The number of ether oxygens (including phenoxy) is 1. The van der Waals surface area contributed by atoms with E-state index in [4.69, 9.17) is 4.74 Å². The van der Waals surface area contributed by atoms with Crippen molar-refractivity contribution in [1.29, 1.82) is 0 Å². The highest BCUT2D eigenvalue weighted by Crippen LogP contribution is 2.41. The number of hydrogen-bond donors (Lipinski definition) is 0. The monoisotopic (exact) mass is 393 g/mol. The molecule has 3 heterocycles. The molecular weight excluding hydrogens is 366 g/mol. The molecule has 4 rings (SSSR count). The zero-order valence-corrected chi connectivity index (χ0v) is 17.1.